The molecule has 1 aliphatic rings. The van der Waals surface area contributed by atoms with Crippen LogP contribution < -0.4 is 0 Å². The van der Waals surface area contributed by atoms with Crippen LogP contribution in [0.1, 0.15) is 25.0 Å². The Kier molecular flexibility index (Phi) is 5.64. The summed E-state index contributed by atoms with van der Waals surface area (Å²) in [5, 5.41) is 7.80. The molecule has 0 saturated carbocycles. The highest BCUT2D eigenvalue weighted by molar-refractivity contribution is 6.21. The SMILES string of the molecule is CC1(C)c2cc(-c3c4ccccc4c(-c4cccc(-c5ccccc5)c4)c4ccccc34)ccc2-c2ccc3ccccc3c21. The molecule has 0 saturated heterocycles. The monoisotopic (exact) mass is 572 g/mol. The van der Waals surface area contributed by atoms with E-state index in [0.29, 0.717) is 0 Å². The zero-order valence-corrected chi connectivity index (χ0v) is 25.5. The van der Waals surface area contributed by atoms with E-state index in [-0.39, 0.29) is 5.41 Å². The maximum atomic E-state index is 2.48. The van der Waals surface area contributed by atoms with Crippen LogP contribution in [0.2, 0.25) is 0 Å². The third kappa shape index (κ3) is 3.85. The summed E-state index contributed by atoms with van der Waals surface area (Å²) >= 11 is 0. The molecule has 45 heavy (non-hydrogen) atoms. The van der Waals surface area contributed by atoms with Gasteiger partial charge in [0.15, 0.2) is 0 Å². The molecule has 0 heterocycles. The largest absolute Gasteiger partial charge is 0.0622 e. The predicted octanol–water partition coefficient (Wildman–Crippen LogP) is 12.5. The van der Waals surface area contributed by atoms with Crippen molar-refractivity contribution < 1.29 is 0 Å². The van der Waals surface area contributed by atoms with Crippen LogP contribution in [0, 0.1) is 0 Å². The minimum Gasteiger partial charge on any atom is -0.0622 e. The third-order valence-electron chi connectivity index (χ3n) is 10.0. The second-order valence-corrected chi connectivity index (χ2v) is 12.9. The molecule has 0 radical (unpaired) electrons. The highest BCUT2D eigenvalue weighted by Gasteiger charge is 2.37. The predicted molar refractivity (Wildman–Crippen MR) is 193 cm³/mol. The molecule has 0 aromatic heterocycles. The van der Waals surface area contributed by atoms with Crippen LogP contribution in [0.4, 0.5) is 0 Å². The van der Waals surface area contributed by atoms with Crippen LogP contribution in [-0.2, 0) is 5.41 Å². The van der Waals surface area contributed by atoms with Gasteiger partial charge in [0.05, 0.1) is 0 Å². The fourth-order valence-corrected chi connectivity index (χ4v) is 7.99. The molecule has 1 aliphatic carbocycles. The topological polar surface area (TPSA) is 0 Å². The van der Waals surface area contributed by atoms with Crippen LogP contribution in [0.25, 0.3) is 76.8 Å². The first-order valence-electron chi connectivity index (χ1n) is 15.9. The summed E-state index contributed by atoms with van der Waals surface area (Å²) in [5.74, 6) is 0. The molecule has 0 nitrogen and oxygen atoms in total. The van der Waals surface area contributed by atoms with Crippen molar-refractivity contribution in [3.05, 3.63) is 169 Å². The molecule has 0 amide bonds. The van der Waals surface area contributed by atoms with Crippen LogP contribution in [-0.4, -0.2) is 0 Å². The van der Waals surface area contributed by atoms with E-state index in [1.54, 1.807) is 0 Å². The van der Waals surface area contributed by atoms with E-state index in [1.807, 2.05) is 0 Å². The summed E-state index contributed by atoms with van der Waals surface area (Å²) in [5.41, 5.74) is 13.0. The van der Waals surface area contributed by atoms with Gasteiger partial charge in [-0.2, -0.15) is 0 Å². The van der Waals surface area contributed by atoms with Crippen molar-refractivity contribution in [3.8, 4) is 44.5 Å². The van der Waals surface area contributed by atoms with Crippen molar-refractivity contribution >= 4 is 32.3 Å². The Hall–Kier alpha value is -5.46. The molecular weight excluding hydrogens is 540 g/mol. The Bertz CT molecular complexity index is 2390. The van der Waals surface area contributed by atoms with Gasteiger partial charge in [-0.25, -0.2) is 0 Å². The van der Waals surface area contributed by atoms with Gasteiger partial charge in [0, 0.05) is 5.41 Å². The molecule has 0 heteroatoms. The average molecular weight is 573 g/mol. The van der Waals surface area contributed by atoms with Crippen molar-refractivity contribution in [3.63, 3.8) is 0 Å². The number of benzene rings is 8. The van der Waals surface area contributed by atoms with Crippen LogP contribution in [0.15, 0.2) is 158 Å². The Morgan fingerprint density at radius 2 is 0.867 bits per heavy atom. The average Bonchev–Trinajstić information content (AvgIpc) is 3.33. The highest BCUT2D eigenvalue weighted by atomic mass is 14.4. The molecule has 0 bridgehead atoms. The molecule has 9 rings (SSSR count). The van der Waals surface area contributed by atoms with E-state index in [2.05, 4.69) is 172 Å². The molecule has 8 aromatic carbocycles. The summed E-state index contributed by atoms with van der Waals surface area (Å²) < 4.78 is 0. The number of rotatable bonds is 3. The van der Waals surface area contributed by atoms with E-state index in [1.165, 1.54) is 88.0 Å². The minimum absolute atomic E-state index is 0.106. The van der Waals surface area contributed by atoms with Gasteiger partial charge < -0.3 is 0 Å². The zero-order chi connectivity index (χ0) is 30.1. The number of fused-ring (bicyclic) bond motifs is 7. The summed E-state index contributed by atoms with van der Waals surface area (Å²) in [6.07, 6.45) is 0. The first-order chi connectivity index (χ1) is 22.1. The van der Waals surface area contributed by atoms with Crippen molar-refractivity contribution in [2.45, 2.75) is 19.3 Å². The molecule has 0 atom stereocenters. The lowest BCUT2D eigenvalue weighted by atomic mass is 9.79. The summed E-state index contributed by atoms with van der Waals surface area (Å²) in [6, 6.07) is 58.3. The standard InChI is InChI=1S/C45H32/c1-45(2)41-28-33(24-25-35(41)40-26-23-30-15-6-7-18-34(30)44(40)45)43-38-21-10-8-19-36(38)42(37-20-9-11-22-39(37)43)32-17-12-16-31(27-32)29-13-4-3-5-14-29/h3-28H,1-2H3. The number of hydrogen-bond acceptors (Lipinski definition) is 0. The highest BCUT2D eigenvalue weighted by Crippen LogP contribution is 2.53. The zero-order valence-electron chi connectivity index (χ0n) is 25.5. The van der Waals surface area contributed by atoms with Crippen molar-refractivity contribution in [2.24, 2.45) is 0 Å². The van der Waals surface area contributed by atoms with Gasteiger partial charge in [-0.05, 0) is 100 Å². The van der Waals surface area contributed by atoms with E-state index in [4.69, 9.17) is 0 Å². The minimum atomic E-state index is -0.106. The van der Waals surface area contributed by atoms with Gasteiger partial charge >= 0.3 is 0 Å². The van der Waals surface area contributed by atoms with E-state index < -0.39 is 0 Å². The lowest BCUT2D eigenvalue weighted by molar-refractivity contribution is 0.666. The summed E-state index contributed by atoms with van der Waals surface area (Å²) in [7, 11) is 0. The first-order valence-corrected chi connectivity index (χ1v) is 15.9. The Morgan fingerprint density at radius 1 is 0.356 bits per heavy atom. The van der Waals surface area contributed by atoms with Gasteiger partial charge in [-0.3, -0.25) is 0 Å². The maximum Gasteiger partial charge on any atom is 0.0165 e. The smallest absolute Gasteiger partial charge is 0.0165 e. The van der Waals surface area contributed by atoms with Gasteiger partial charge in [0.2, 0.25) is 0 Å². The van der Waals surface area contributed by atoms with Gasteiger partial charge in [-0.15, -0.1) is 0 Å². The fraction of sp³-hybridized carbons (Fsp3) is 0.0667. The molecular formula is C45H32. The summed E-state index contributed by atoms with van der Waals surface area (Å²) in [6.45, 7) is 4.79. The molecule has 0 aliphatic heterocycles. The molecule has 212 valence electrons. The maximum absolute atomic E-state index is 2.48. The van der Waals surface area contributed by atoms with Crippen LogP contribution in [0.3, 0.4) is 0 Å². The van der Waals surface area contributed by atoms with Crippen molar-refractivity contribution in [1.29, 1.82) is 0 Å². The molecule has 0 unspecified atom stereocenters. The first kappa shape index (κ1) is 26.0. The van der Waals surface area contributed by atoms with Gasteiger partial charge in [0.25, 0.3) is 0 Å². The van der Waals surface area contributed by atoms with Gasteiger partial charge in [-0.1, -0.05) is 159 Å². The van der Waals surface area contributed by atoms with Crippen LogP contribution in [0.5, 0.6) is 0 Å². The second kappa shape index (κ2) is 9.78. The normalized spacial score (nSPS) is 13.3. The van der Waals surface area contributed by atoms with Crippen molar-refractivity contribution in [2.75, 3.05) is 0 Å². The lowest BCUT2D eigenvalue weighted by Gasteiger charge is -2.24. The quantitative estimate of drug-likeness (QED) is 0.185. The molecule has 8 aromatic rings. The Balaban J connectivity index is 1.29. The Labute approximate surface area is 264 Å². The van der Waals surface area contributed by atoms with Crippen LogP contribution >= 0.6 is 0 Å². The third-order valence-corrected chi connectivity index (χ3v) is 10.0. The molecule has 0 N–H and O–H groups in total. The summed E-state index contributed by atoms with van der Waals surface area (Å²) in [4.78, 5) is 0. The van der Waals surface area contributed by atoms with E-state index in [0.717, 1.165) is 0 Å². The molecule has 0 spiro atoms. The van der Waals surface area contributed by atoms with Crippen molar-refractivity contribution in [1.82, 2.24) is 0 Å². The fourth-order valence-electron chi connectivity index (χ4n) is 7.99. The number of hydrogen-bond donors (Lipinski definition) is 0. The molecule has 0 fully saturated rings. The Morgan fingerprint density at radius 3 is 1.53 bits per heavy atom. The lowest BCUT2D eigenvalue weighted by Crippen LogP contribution is -2.15. The van der Waals surface area contributed by atoms with E-state index >= 15 is 0 Å². The second-order valence-electron chi connectivity index (χ2n) is 12.9. The van der Waals surface area contributed by atoms with E-state index in [9.17, 15) is 0 Å². The van der Waals surface area contributed by atoms with Gasteiger partial charge in [0.1, 0.15) is 0 Å².